The molecule has 0 aliphatic carbocycles. The van der Waals surface area contributed by atoms with Crippen molar-refractivity contribution in [3.05, 3.63) is 11.6 Å². The quantitative estimate of drug-likeness (QED) is 0.574. The molecule has 0 amide bonds. The van der Waals surface area contributed by atoms with Gasteiger partial charge in [0.2, 0.25) is 0 Å². The van der Waals surface area contributed by atoms with E-state index >= 15 is 0 Å². The zero-order chi connectivity index (χ0) is 11.0. The Hall–Kier alpha value is -0.380. The van der Waals surface area contributed by atoms with E-state index in [1.807, 2.05) is 0 Å². The van der Waals surface area contributed by atoms with Gasteiger partial charge in [-0.25, -0.2) is 0 Å². The Morgan fingerprint density at radius 1 is 1.25 bits per heavy atom. The largest absolute Gasteiger partial charge is 0.312 e. The lowest BCUT2D eigenvalue weighted by molar-refractivity contribution is 0.258. The molecule has 16 heavy (non-hydrogen) atoms. The van der Waals surface area contributed by atoms with Crippen molar-refractivity contribution in [2.24, 2.45) is 11.8 Å². The first-order chi connectivity index (χ1) is 7.83. The summed E-state index contributed by atoms with van der Waals surface area (Å²) in [5, 5.41) is 10.9. The van der Waals surface area contributed by atoms with E-state index in [-0.39, 0.29) is 0 Å². The fraction of sp³-hybridized carbons (Fsp3) is 0.846. The minimum Gasteiger partial charge on any atom is -0.312 e. The predicted molar refractivity (Wildman–Crippen MR) is 66.2 cm³/mol. The van der Waals surface area contributed by atoms with Crippen LogP contribution in [0.15, 0.2) is 11.6 Å². The molecule has 90 valence electrons. The van der Waals surface area contributed by atoms with Gasteiger partial charge >= 0.3 is 0 Å². The molecule has 3 aliphatic heterocycles. The molecule has 0 spiro atoms. The molecule has 0 aromatic carbocycles. The maximum absolute atomic E-state index is 3.79. The van der Waals surface area contributed by atoms with Crippen LogP contribution in [0.1, 0.15) is 26.2 Å². The Labute approximate surface area is 98.1 Å². The van der Waals surface area contributed by atoms with Gasteiger partial charge in [0.05, 0.1) is 6.17 Å². The Morgan fingerprint density at radius 2 is 2.19 bits per heavy atom. The second kappa shape index (κ2) is 4.47. The first-order valence-corrected chi connectivity index (χ1v) is 6.73. The molecule has 3 heterocycles. The smallest absolute Gasteiger partial charge is 0.0605 e. The monoisotopic (exact) mass is 221 g/mol. The summed E-state index contributed by atoms with van der Waals surface area (Å²) < 4.78 is 0. The standard InChI is InChI=1S/C13H23N3/c1-9-6-11(8-14-7-9)12-3-2-10-4-5-15-13(10)16-12/h6,9-10,12-16H,2-5,7-8H2,1H3/t9-,10?,12?,13?/m1/s1. The molecule has 3 unspecified atom stereocenters. The molecule has 3 nitrogen and oxygen atoms in total. The molecular weight excluding hydrogens is 198 g/mol. The number of fused-ring (bicyclic) bond motifs is 1. The van der Waals surface area contributed by atoms with E-state index in [9.17, 15) is 0 Å². The van der Waals surface area contributed by atoms with Crippen LogP contribution in [0.3, 0.4) is 0 Å². The van der Waals surface area contributed by atoms with Gasteiger partial charge in [0, 0.05) is 19.1 Å². The number of nitrogens with one attached hydrogen (secondary N) is 3. The van der Waals surface area contributed by atoms with Crippen LogP contribution in [-0.4, -0.2) is 31.8 Å². The summed E-state index contributed by atoms with van der Waals surface area (Å²) in [4.78, 5) is 0. The van der Waals surface area contributed by atoms with E-state index in [1.165, 1.54) is 25.8 Å². The van der Waals surface area contributed by atoms with Crippen LogP contribution < -0.4 is 16.0 Å². The molecule has 0 aromatic heterocycles. The Balaban J connectivity index is 1.67. The topological polar surface area (TPSA) is 36.1 Å². The van der Waals surface area contributed by atoms with E-state index in [4.69, 9.17) is 0 Å². The van der Waals surface area contributed by atoms with Crippen molar-refractivity contribution in [3.8, 4) is 0 Å². The average Bonchev–Trinajstić information content (AvgIpc) is 2.75. The maximum atomic E-state index is 3.79. The highest BCUT2D eigenvalue weighted by Crippen LogP contribution is 2.28. The van der Waals surface area contributed by atoms with Gasteiger partial charge in [-0.05, 0) is 43.2 Å². The summed E-state index contributed by atoms with van der Waals surface area (Å²) in [6.45, 7) is 5.72. The van der Waals surface area contributed by atoms with Gasteiger partial charge in [-0.3, -0.25) is 5.32 Å². The Bertz CT molecular complexity index is 287. The second-order valence-electron chi connectivity index (χ2n) is 5.63. The summed E-state index contributed by atoms with van der Waals surface area (Å²) in [5.41, 5.74) is 1.59. The molecule has 0 saturated carbocycles. The van der Waals surface area contributed by atoms with Gasteiger partial charge in [0.25, 0.3) is 0 Å². The first kappa shape index (κ1) is 10.8. The SMILES string of the molecule is C[C@@H]1C=C(C2CCC3CCNC3N2)CNC1. The first-order valence-electron chi connectivity index (χ1n) is 6.73. The molecule has 4 atom stereocenters. The average molecular weight is 221 g/mol. The Kier molecular flexibility index (Phi) is 3.01. The van der Waals surface area contributed by atoms with Gasteiger partial charge in [-0.2, -0.15) is 0 Å². The van der Waals surface area contributed by atoms with Crippen molar-refractivity contribution in [3.63, 3.8) is 0 Å². The van der Waals surface area contributed by atoms with Crippen molar-refractivity contribution in [2.45, 2.75) is 38.4 Å². The number of hydrogen-bond acceptors (Lipinski definition) is 3. The minimum absolute atomic E-state index is 0.580. The molecule has 2 saturated heterocycles. The van der Waals surface area contributed by atoms with Crippen LogP contribution in [0.5, 0.6) is 0 Å². The van der Waals surface area contributed by atoms with Crippen LogP contribution in [0.2, 0.25) is 0 Å². The molecule has 0 radical (unpaired) electrons. The highest BCUT2D eigenvalue weighted by molar-refractivity contribution is 5.18. The molecule has 3 rings (SSSR count). The molecule has 3 N–H and O–H groups in total. The summed E-state index contributed by atoms with van der Waals surface area (Å²) in [6.07, 6.45) is 7.13. The zero-order valence-electron chi connectivity index (χ0n) is 10.1. The summed E-state index contributed by atoms with van der Waals surface area (Å²) >= 11 is 0. The van der Waals surface area contributed by atoms with Crippen LogP contribution in [0, 0.1) is 11.8 Å². The van der Waals surface area contributed by atoms with Crippen LogP contribution in [0.25, 0.3) is 0 Å². The zero-order valence-corrected chi connectivity index (χ0v) is 10.1. The van der Waals surface area contributed by atoms with E-state index in [0.717, 1.165) is 19.0 Å². The summed E-state index contributed by atoms with van der Waals surface area (Å²) in [5.74, 6) is 1.57. The van der Waals surface area contributed by atoms with Crippen molar-refractivity contribution in [1.29, 1.82) is 0 Å². The third-order valence-corrected chi connectivity index (χ3v) is 4.30. The Morgan fingerprint density at radius 3 is 3.06 bits per heavy atom. The van der Waals surface area contributed by atoms with E-state index in [0.29, 0.717) is 18.1 Å². The number of rotatable bonds is 1. The third kappa shape index (κ3) is 2.04. The second-order valence-corrected chi connectivity index (χ2v) is 5.63. The fourth-order valence-corrected chi connectivity index (χ4v) is 3.40. The van der Waals surface area contributed by atoms with E-state index in [1.54, 1.807) is 5.57 Å². The van der Waals surface area contributed by atoms with Gasteiger partial charge in [0.1, 0.15) is 0 Å². The molecule has 0 aromatic rings. The molecule has 3 aliphatic rings. The predicted octanol–water partition coefficient (Wildman–Crippen LogP) is 0.840. The van der Waals surface area contributed by atoms with Gasteiger partial charge < -0.3 is 10.6 Å². The molecule has 3 heteroatoms. The summed E-state index contributed by atoms with van der Waals surface area (Å²) in [7, 11) is 0. The van der Waals surface area contributed by atoms with Gasteiger partial charge in [-0.15, -0.1) is 0 Å². The summed E-state index contributed by atoms with van der Waals surface area (Å²) in [6, 6.07) is 0.613. The van der Waals surface area contributed by atoms with E-state index in [2.05, 4.69) is 29.0 Å². The lowest BCUT2D eigenvalue weighted by Gasteiger charge is -2.36. The minimum atomic E-state index is 0.580. The van der Waals surface area contributed by atoms with Crippen LogP contribution in [-0.2, 0) is 0 Å². The number of piperidine rings is 1. The van der Waals surface area contributed by atoms with Crippen molar-refractivity contribution in [2.75, 3.05) is 19.6 Å². The molecule has 0 bridgehead atoms. The van der Waals surface area contributed by atoms with Gasteiger partial charge in [0.15, 0.2) is 0 Å². The van der Waals surface area contributed by atoms with Crippen molar-refractivity contribution >= 4 is 0 Å². The van der Waals surface area contributed by atoms with Crippen molar-refractivity contribution < 1.29 is 0 Å². The maximum Gasteiger partial charge on any atom is 0.0605 e. The normalized spacial score (nSPS) is 43.9. The van der Waals surface area contributed by atoms with E-state index < -0.39 is 0 Å². The fourth-order valence-electron chi connectivity index (χ4n) is 3.40. The van der Waals surface area contributed by atoms with Crippen LogP contribution >= 0.6 is 0 Å². The molecule has 2 fully saturated rings. The molecular formula is C13H23N3. The van der Waals surface area contributed by atoms with Crippen LogP contribution in [0.4, 0.5) is 0 Å². The van der Waals surface area contributed by atoms with Gasteiger partial charge in [-0.1, -0.05) is 13.0 Å². The highest BCUT2D eigenvalue weighted by atomic mass is 15.2. The third-order valence-electron chi connectivity index (χ3n) is 4.30. The highest BCUT2D eigenvalue weighted by Gasteiger charge is 2.34. The lowest BCUT2D eigenvalue weighted by atomic mass is 9.86. The lowest BCUT2D eigenvalue weighted by Crippen LogP contribution is -2.53. The number of hydrogen-bond donors (Lipinski definition) is 3. The van der Waals surface area contributed by atoms with Crippen molar-refractivity contribution in [1.82, 2.24) is 16.0 Å².